The van der Waals surface area contributed by atoms with Gasteiger partial charge in [0, 0.05) is 11.4 Å². The fourth-order valence-electron chi connectivity index (χ4n) is 3.77. The van der Waals surface area contributed by atoms with Crippen LogP contribution in [0.5, 0.6) is 0 Å². The number of hydrogen-bond donors (Lipinski definition) is 2. The first-order valence-corrected chi connectivity index (χ1v) is 8.91. The molecule has 2 unspecified atom stereocenters. The van der Waals surface area contributed by atoms with Crippen LogP contribution in [0, 0.1) is 5.92 Å². The van der Waals surface area contributed by atoms with Crippen LogP contribution in [0.4, 0.5) is 0 Å². The molecule has 4 rings (SSSR count). The average molecular weight is 355 g/mol. The van der Waals surface area contributed by atoms with Crippen molar-refractivity contribution in [3.05, 3.63) is 62.1 Å². The van der Waals surface area contributed by atoms with E-state index in [1.165, 1.54) is 4.57 Å². The topological polar surface area (TPSA) is 93.2 Å². The zero-order valence-electron chi connectivity index (χ0n) is 14.6. The van der Waals surface area contributed by atoms with E-state index in [1.807, 2.05) is 18.2 Å². The first kappa shape index (κ1) is 16.6. The van der Waals surface area contributed by atoms with Crippen molar-refractivity contribution in [2.24, 2.45) is 5.92 Å². The molecule has 1 aromatic rings. The number of amides is 1. The molecule has 0 radical (unpaired) electrons. The fourth-order valence-corrected chi connectivity index (χ4v) is 3.77. The van der Waals surface area contributed by atoms with E-state index in [0.29, 0.717) is 29.5 Å². The number of ether oxygens (including phenoxy) is 1. The predicted octanol–water partition coefficient (Wildman–Crippen LogP) is 1.38. The van der Waals surface area contributed by atoms with Crippen LogP contribution < -0.4 is 16.4 Å². The number of H-pyrrole nitrogens is 1. The quantitative estimate of drug-likeness (QED) is 0.801. The van der Waals surface area contributed by atoms with Crippen molar-refractivity contribution in [1.82, 2.24) is 14.9 Å². The second-order valence-electron chi connectivity index (χ2n) is 7.04. The molecular formula is C19H21N3O4. The normalized spacial score (nSPS) is 23.4. The summed E-state index contributed by atoms with van der Waals surface area (Å²) in [6, 6.07) is -0.494. The number of hydrogen-bond acceptors (Lipinski definition) is 4. The third-order valence-corrected chi connectivity index (χ3v) is 4.96. The molecule has 1 amide bonds. The molecule has 2 aliphatic carbocycles. The van der Waals surface area contributed by atoms with Crippen molar-refractivity contribution in [3.8, 4) is 0 Å². The average Bonchev–Trinajstić information content (AvgIpc) is 2.60. The lowest BCUT2D eigenvalue weighted by Crippen LogP contribution is -2.46. The van der Waals surface area contributed by atoms with Crippen LogP contribution in [0.15, 0.2) is 39.6 Å². The summed E-state index contributed by atoms with van der Waals surface area (Å²) >= 11 is 0. The molecule has 0 saturated carbocycles. The van der Waals surface area contributed by atoms with Crippen molar-refractivity contribution in [2.75, 3.05) is 6.61 Å². The Labute approximate surface area is 150 Å². The van der Waals surface area contributed by atoms with Crippen LogP contribution in [-0.4, -0.2) is 22.1 Å². The van der Waals surface area contributed by atoms with Gasteiger partial charge in [0.05, 0.1) is 12.5 Å². The third kappa shape index (κ3) is 2.94. The lowest BCUT2D eigenvalue weighted by Gasteiger charge is -2.32. The van der Waals surface area contributed by atoms with Gasteiger partial charge in [-0.05, 0) is 37.3 Å². The van der Waals surface area contributed by atoms with E-state index in [2.05, 4.69) is 23.3 Å². The Balaban J connectivity index is 1.61. The summed E-state index contributed by atoms with van der Waals surface area (Å²) in [6.45, 7) is 2.28. The summed E-state index contributed by atoms with van der Waals surface area (Å²) in [5, 5.41) is 2.91. The van der Waals surface area contributed by atoms with Gasteiger partial charge in [0.15, 0.2) is 0 Å². The largest absolute Gasteiger partial charge is 0.489 e. The zero-order chi connectivity index (χ0) is 18.3. The Kier molecular flexibility index (Phi) is 4.14. The number of aryl methyl sites for hydroxylation is 1. The summed E-state index contributed by atoms with van der Waals surface area (Å²) in [5.41, 5.74) is 0.893. The molecule has 0 fully saturated rings. The van der Waals surface area contributed by atoms with Crippen molar-refractivity contribution in [2.45, 2.75) is 38.6 Å². The summed E-state index contributed by atoms with van der Waals surface area (Å²) in [7, 11) is 0. The van der Waals surface area contributed by atoms with Crippen LogP contribution in [0.1, 0.15) is 43.6 Å². The minimum atomic E-state index is -0.647. The number of nitrogens with zero attached hydrogens (tertiary/aromatic N) is 1. The molecule has 0 bridgehead atoms. The molecule has 1 aromatic heterocycles. The maximum atomic E-state index is 12.5. The highest BCUT2D eigenvalue weighted by Gasteiger charge is 2.32. The van der Waals surface area contributed by atoms with E-state index in [0.717, 1.165) is 18.5 Å². The van der Waals surface area contributed by atoms with E-state index in [4.69, 9.17) is 4.74 Å². The maximum absolute atomic E-state index is 12.5. The number of allylic oxidation sites excluding steroid dienone is 5. The number of carbonyl (C=O) groups is 1. The minimum absolute atomic E-state index is 0.0819. The van der Waals surface area contributed by atoms with Gasteiger partial charge in [0.1, 0.15) is 18.1 Å². The number of carbonyl (C=O) groups excluding carboxylic acids is 1. The molecule has 0 saturated heterocycles. The second kappa shape index (κ2) is 6.48. The van der Waals surface area contributed by atoms with Crippen LogP contribution in [-0.2, 0) is 16.0 Å². The highest BCUT2D eigenvalue weighted by molar-refractivity contribution is 5.78. The van der Waals surface area contributed by atoms with E-state index in [1.54, 1.807) is 0 Å². The molecule has 26 heavy (non-hydrogen) atoms. The SMILES string of the molecule is CC1C=CC=C(NC(=O)CC2COC3=CCCc4[nH]c(=O)c(=O)n2c43)C1. The molecule has 136 valence electrons. The first-order chi connectivity index (χ1) is 12.5. The molecule has 1 aliphatic heterocycles. The monoisotopic (exact) mass is 355 g/mol. The van der Waals surface area contributed by atoms with Gasteiger partial charge in [-0.15, -0.1) is 0 Å². The van der Waals surface area contributed by atoms with Crippen molar-refractivity contribution < 1.29 is 9.53 Å². The Bertz CT molecular complexity index is 964. The highest BCUT2D eigenvalue weighted by Crippen LogP contribution is 2.32. The molecule has 3 aliphatic rings. The van der Waals surface area contributed by atoms with Gasteiger partial charge < -0.3 is 15.0 Å². The highest BCUT2D eigenvalue weighted by atomic mass is 16.5. The Morgan fingerprint density at radius 1 is 1.42 bits per heavy atom. The second-order valence-corrected chi connectivity index (χ2v) is 7.04. The molecule has 2 N–H and O–H groups in total. The van der Waals surface area contributed by atoms with Gasteiger partial charge in [-0.2, -0.15) is 0 Å². The van der Waals surface area contributed by atoms with Crippen molar-refractivity contribution >= 4 is 11.7 Å². The zero-order valence-corrected chi connectivity index (χ0v) is 14.6. The molecule has 2 atom stereocenters. The van der Waals surface area contributed by atoms with Crippen molar-refractivity contribution in [3.63, 3.8) is 0 Å². The lowest BCUT2D eigenvalue weighted by atomic mass is 10.00. The summed E-state index contributed by atoms with van der Waals surface area (Å²) < 4.78 is 7.22. The van der Waals surface area contributed by atoms with Gasteiger partial charge in [0.2, 0.25) is 5.91 Å². The van der Waals surface area contributed by atoms with E-state index >= 15 is 0 Å². The summed E-state index contributed by atoms with van der Waals surface area (Å²) in [6.07, 6.45) is 10.1. The van der Waals surface area contributed by atoms with Crippen LogP contribution in [0.3, 0.4) is 0 Å². The van der Waals surface area contributed by atoms with E-state index in [9.17, 15) is 14.4 Å². The number of rotatable bonds is 3. The van der Waals surface area contributed by atoms with E-state index in [-0.39, 0.29) is 18.9 Å². The van der Waals surface area contributed by atoms with Crippen LogP contribution in [0.25, 0.3) is 5.76 Å². The Morgan fingerprint density at radius 2 is 2.27 bits per heavy atom. The molecule has 7 nitrogen and oxygen atoms in total. The summed E-state index contributed by atoms with van der Waals surface area (Å²) in [4.78, 5) is 39.6. The van der Waals surface area contributed by atoms with Gasteiger partial charge >= 0.3 is 11.1 Å². The predicted molar refractivity (Wildman–Crippen MR) is 96.4 cm³/mol. The number of aromatic amines is 1. The van der Waals surface area contributed by atoms with Gasteiger partial charge in [0.25, 0.3) is 0 Å². The molecule has 0 spiro atoms. The lowest BCUT2D eigenvalue weighted by molar-refractivity contribution is -0.121. The first-order valence-electron chi connectivity index (χ1n) is 8.91. The molecular weight excluding hydrogens is 334 g/mol. The fraction of sp³-hybridized carbons (Fsp3) is 0.421. The number of nitrogens with one attached hydrogen (secondary N) is 2. The van der Waals surface area contributed by atoms with Gasteiger partial charge in [-0.3, -0.25) is 19.0 Å². The molecule has 0 aromatic carbocycles. The number of aromatic nitrogens is 2. The van der Waals surface area contributed by atoms with Crippen LogP contribution >= 0.6 is 0 Å². The minimum Gasteiger partial charge on any atom is -0.489 e. The Hall–Kier alpha value is -2.83. The van der Waals surface area contributed by atoms with Gasteiger partial charge in [-0.1, -0.05) is 19.1 Å². The van der Waals surface area contributed by atoms with Gasteiger partial charge in [-0.25, -0.2) is 0 Å². The molecule has 7 heteroatoms. The smallest absolute Gasteiger partial charge is 0.317 e. The van der Waals surface area contributed by atoms with E-state index < -0.39 is 17.2 Å². The summed E-state index contributed by atoms with van der Waals surface area (Å²) in [5.74, 6) is 0.810. The molecule has 2 heterocycles. The third-order valence-electron chi connectivity index (χ3n) is 4.96. The van der Waals surface area contributed by atoms with Crippen molar-refractivity contribution in [1.29, 1.82) is 0 Å². The standard InChI is InChI=1S/C19H21N3O4/c1-11-4-2-5-12(8-11)20-16(23)9-13-10-26-15-7-3-6-14-17(15)22(13)19(25)18(24)21-14/h2,4-5,7,11,13H,3,6,8-10H2,1H3,(H,20,23)(H,21,24). The Morgan fingerprint density at radius 3 is 3.08 bits per heavy atom. The van der Waals surface area contributed by atoms with Crippen LogP contribution in [0.2, 0.25) is 0 Å². The maximum Gasteiger partial charge on any atom is 0.317 e.